The fourth-order valence-corrected chi connectivity index (χ4v) is 4.50. The summed E-state index contributed by atoms with van der Waals surface area (Å²) < 4.78 is 5.55. The zero-order valence-corrected chi connectivity index (χ0v) is 20.1. The van der Waals surface area contributed by atoms with Crippen molar-refractivity contribution in [2.75, 3.05) is 13.2 Å². The smallest absolute Gasteiger partial charge is 0.407 e. The zero-order valence-electron chi connectivity index (χ0n) is 20.1. The van der Waals surface area contributed by atoms with Gasteiger partial charge in [0.05, 0.1) is 5.41 Å². The van der Waals surface area contributed by atoms with Crippen LogP contribution in [0.1, 0.15) is 63.5 Å². The lowest BCUT2D eigenvalue weighted by Crippen LogP contribution is -2.42. The fourth-order valence-electron chi connectivity index (χ4n) is 4.50. The first kappa shape index (κ1) is 25.3. The predicted molar refractivity (Wildman–Crippen MR) is 131 cm³/mol. The molecule has 1 atom stereocenters. The molecule has 7 nitrogen and oxygen atoms in total. The van der Waals surface area contributed by atoms with Crippen LogP contribution in [0.2, 0.25) is 0 Å². The number of benzene rings is 2. The van der Waals surface area contributed by atoms with Gasteiger partial charge in [-0.25, -0.2) is 4.79 Å². The van der Waals surface area contributed by atoms with Gasteiger partial charge in [-0.15, -0.1) is 0 Å². The van der Waals surface area contributed by atoms with E-state index in [2.05, 4.69) is 34.9 Å². The molecule has 0 radical (unpaired) electrons. The van der Waals surface area contributed by atoms with E-state index >= 15 is 0 Å². The molecular weight excluding hydrogens is 432 g/mol. The monoisotopic (exact) mass is 466 g/mol. The molecule has 0 bridgehead atoms. The maximum atomic E-state index is 12.4. The third-order valence-electron chi connectivity index (χ3n) is 6.94. The highest BCUT2D eigenvalue weighted by atomic mass is 16.5. The van der Waals surface area contributed by atoms with E-state index in [4.69, 9.17) is 4.74 Å². The number of ether oxygens (including phenoxy) is 1. The standard InChI is InChI=1S/C27H34N2O5/c1-4-27(5-2,25(31)32)17-28-24(30)15-14-18(3)29-26(33)34-16-23-21-12-8-6-10-19(21)20-11-7-9-13-22(20)23/h6-13,18,23H,4-5,14-17H2,1-3H3,(H,28,30)(H,29,33)(H,31,32). The molecule has 2 aromatic rings. The van der Waals surface area contributed by atoms with Crippen LogP contribution < -0.4 is 10.6 Å². The minimum Gasteiger partial charge on any atom is -0.481 e. The van der Waals surface area contributed by atoms with E-state index in [1.54, 1.807) is 0 Å². The van der Waals surface area contributed by atoms with Crippen LogP contribution in [-0.4, -0.2) is 42.3 Å². The summed E-state index contributed by atoms with van der Waals surface area (Å²) in [5.41, 5.74) is 3.70. The first-order valence-corrected chi connectivity index (χ1v) is 11.9. The number of rotatable bonds is 11. The second kappa shape index (κ2) is 11.2. The quantitative estimate of drug-likeness (QED) is 0.445. The van der Waals surface area contributed by atoms with Gasteiger partial charge in [-0.1, -0.05) is 62.4 Å². The van der Waals surface area contributed by atoms with Crippen molar-refractivity contribution < 1.29 is 24.2 Å². The lowest BCUT2D eigenvalue weighted by atomic mass is 9.82. The van der Waals surface area contributed by atoms with Gasteiger partial charge in [-0.05, 0) is 48.4 Å². The maximum Gasteiger partial charge on any atom is 0.407 e. The molecule has 0 spiro atoms. The zero-order chi connectivity index (χ0) is 24.7. The Bertz CT molecular complexity index is 986. The number of nitrogens with one attached hydrogen (secondary N) is 2. The number of fused-ring (bicyclic) bond motifs is 3. The van der Waals surface area contributed by atoms with Gasteiger partial charge in [-0.3, -0.25) is 9.59 Å². The van der Waals surface area contributed by atoms with Gasteiger partial charge in [0.1, 0.15) is 6.61 Å². The van der Waals surface area contributed by atoms with E-state index in [1.807, 2.05) is 45.0 Å². The number of carboxylic acid groups (broad SMARTS) is 1. The molecule has 1 unspecified atom stereocenters. The highest BCUT2D eigenvalue weighted by molar-refractivity contribution is 5.80. The third kappa shape index (κ3) is 5.58. The molecule has 3 rings (SSSR count). The molecule has 34 heavy (non-hydrogen) atoms. The molecule has 182 valence electrons. The normalized spacial score (nSPS) is 13.5. The summed E-state index contributed by atoms with van der Waals surface area (Å²) in [7, 11) is 0. The van der Waals surface area contributed by atoms with Crippen molar-refractivity contribution >= 4 is 18.0 Å². The Labute approximate surface area is 200 Å². The van der Waals surface area contributed by atoms with Crippen molar-refractivity contribution in [1.29, 1.82) is 0 Å². The van der Waals surface area contributed by atoms with Crippen molar-refractivity contribution in [3.05, 3.63) is 59.7 Å². The van der Waals surface area contributed by atoms with Crippen LogP contribution >= 0.6 is 0 Å². The molecule has 1 aliphatic carbocycles. The van der Waals surface area contributed by atoms with Gasteiger partial charge in [-0.2, -0.15) is 0 Å². The van der Waals surface area contributed by atoms with E-state index in [-0.39, 0.29) is 37.4 Å². The summed E-state index contributed by atoms with van der Waals surface area (Å²) in [5, 5.41) is 15.0. The SMILES string of the molecule is CCC(CC)(CNC(=O)CCC(C)NC(=O)OCC1c2ccccc2-c2ccccc21)C(=O)O. The number of amides is 2. The minimum absolute atomic E-state index is 0.00846. The van der Waals surface area contributed by atoms with Gasteiger partial charge in [0.15, 0.2) is 0 Å². The molecule has 3 N–H and O–H groups in total. The summed E-state index contributed by atoms with van der Waals surface area (Å²) in [4.78, 5) is 36.2. The fraction of sp³-hybridized carbons (Fsp3) is 0.444. The van der Waals surface area contributed by atoms with Crippen LogP contribution in [0.5, 0.6) is 0 Å². The molecule has 0 saturated carbocycles. The molecule has 2 aromatic carbocycles. The second-order valence-corrected chi connectivity index (χ2v) is 8.98. The van der Waals surface area contributed by atoms with Crippen molar-refractivity contribution in [2.24, 2.45) is 5.41 Å². The second-order valence-electron chi connectivity index (χ2n) is 8.98. The van der Waals surface area contributed by atoms with Crippen molar-refractivity contribution in [1.82, 2.24) is 10.6 Å². The van der Waals surface area contributed by atoms with Gasteiger partial charge in [0.25, 0.3) is 0 Å². The summed E-state index contributed by atoms with van der Waals surface area (Å²) in [5.74, 6) is -1.14. The van der Waals surface area contributed by atoms with Gasteiger partial charge < -0.3 is 20.5 Å². The summed E-state index contributed by atoms with van der Waals surface area (Å²) in [6.45, 7) is 5.77. The van der Waals surface area contributed by atoms with Gasteiger partial charge >= 0.3 is 12.1 Å². The highest BCUT2D eigenvalue weighted by Gasteiger charge is 2.35. The van der Waals surface area contributed by atoms with E-state index in [9.17, 15) is 19.5 Å². The van der Waals surface area contributed by atoms with Gasteiger partial charge in [0, 0.05) is 24.9 Å². The molecule has 0 fully saturated rings. The molecule has 2 amide bonds. The average Bonchev–Trinajstić information content (AvgIpc) is 3.16. The molecule has 7 heteroatoms. The molecule has 0 heterocycles. The lowest BCUT2D eigenvalue weighted by molar-refractivity contribution is -0.149. The summed E-state index contributed by atoms with van der Waals surface area (Å²) in [6, 6.07) is 16.1. The maximum absolute atomic E-state index is 12.4. The Morgan fingerprint density at radius 3 is 2.09 bits per heavy atom. The third-order valence-corrected chi connectivity index (χ3v) is 6.94. The number of alkyl carbamates (subject to hydrolysis) is 1. The number of aliphatic carboxylic acids is 1. The van der Waals surface area contributed by atoms with Crippen LogP contribution in [0.4, 0.5) is 4.79 Å². The number of carbonyl (C=O) groups excluding carboxylic acids is 2. The van der Waals surface area contributed by atoms with Crippen LogP contribution in [0.3, 0.4) is 0 Å². The number of carbonyl (C=O) groups is 3. The predicted octanol–water partition coefficient (Wildman–Crippen LogP) is 4.70. The first-order chi connectivity index (χ1) is 16.3. The number of hydrogen-bond donors (Lipinski definition) is 3. The lowest BCUT2D eigenvalue weighted by Gasteiger charge is -2.27. The van der Waals surface area contributed by atoms with E-state index in [0.29, 0.717) is 19.3 Å². The summed E-state index contributed by atoms with van der Waals surface area (Å²) in [6.07, 6.45) is 0.983. The molecular formula is C27H34N2O5. The van der Waals surface area contributed by atoms with Crippen LogP contribution in [0.15, 0.2) is 48.5 Å². The van der Waals surface area contributed by atoms with Crippen molar-refractivity contribution in [2.45, 2.75) is 58.4 Å². The summed E-state index contributed by atoms with van der Waals surface area (Å²) >= 11 is 0. The Kier molecular flexibility index (Phi) is 8.31. The Morgan fingerprint density at radius 2 is 1.56 bits per heavy atom. The van der Waals surface area contributed by atoms with Crippen LogP contribution in [-0.2, 0) is 14.3 Å². The minimum atomic E-state index is -0.944. The molecule has 1 aliphatic rings. The Morgan fingerprint density at radius 1 is 1.00 bits per heavy atom. The van der Waals surface area contributed by atoms with Crippen molar-refractivity contribution in [3.63, 3.8) is 0 Å². The van der Waals surface area contributed by atoms with Crippen LogP contribution in [0.25, 0.3) is 11.1 Å². The topological polar surface area (TPSA) is 105 Å². The average molecular weight is 467 g/mol. The largest absolute Gasteiger partial charge is 0.481 e. The molecule has 0 aromatic heterocycles. The van der Waals surface area contributed by atoms with Gasteiger partial charge in [0.2, 0.25) is 5.91 Å². The first-order valence-electron chi connectivity index (χ1n) is 11.9. The molecule has 0 saturated heterocycles. The van der Waals surface area contributed by atoms with Crippen LogP contribution in [0, 0.1) is 5.41 Å². The Hall–Kier alpha value is -3.35. The van der Waals surface area contributed by atoms with E-state index < -0.39 is 17.5 Å². The van der Waals surface area contributed by atoms with Crippen molar-refractivity contribution in [3.8, 4) is 11.1 Å². The molecule has 0 aliphatic heterocycles. The number of carboxylic acids is 1. The Balaban J connectivity index is 1.45. The highest BCUT2D eigenvalue weighted by Crippen LogP contribution is 2.44. The van der Waals surface area contributed by atoms with E-state index in [1.165, 1.54) is 11.1 Å². The van der Waals surface area contributed by atoms with E-state index in [0.717, 1.165) is 11.1 Å². The number of hydrogen-bond acceptors (Lipinski definition) is 4.